The second-order valence-electron chi connectivity index (χ2n) is 7.88. The van der Waals surface area contributed by atoms with E-state index >= 15 is 0 Å². The van der Waals surface area contributed by atoms with E-state index in [4.69, 9.17) is 4.42 Å². The number of hydrogen-bond acceptors (Lipinski definition) is 5. The highest BCUT2D eigenvalue weighted by molar-refractivity contribution is 7.89. The maximum atomic E-state index is 12.7. The highest BCUT2D eigenvalue weighted by Gasteiger charge is 2.25. The van der Waals surface area contributed by atoms with E-state index in [1.165, 1.54) is 4.31 Å². The van der Waals surface area contributed by atoms with Crippen molar-refractivity contribution in [3.8, 4) is 11.3 Å². The number of nitrogens with zero attached hydrogens (tertiary/aromatic N) is 2. The lowest BCUT2D eigenvalue weighted by molar-refractivity contribution is -0.116. The standard InChI is InChI=1S/C24H27N3O4S/c28-23(10-7-11-24-25-18-22(31-24)19-8-3-1-4-9-19)26-20-12-14-21(15-13-20)32(29,30)27-16-5-2-6-17-27/h1,3-4,8-9,12-15,18H,2,5-7,10-11,16-17H2,(H,26,28). The monoisotopic (exact) mass is 453 g/mol. The number of aryl methyl sites for hydroxylation is 1. The van der Waals surface area contributed by atoms with Gasteiger partial charge < -0.3 is 9.73 Å². The number of carbonyl (C=O) groups is 1. The summed E-state index contributed by atoms with van der Waals surface area (Å²) < 4.78 is 32.7. The first-order chi connectivity index (χ1) is 15.5. The Hall–Kier alpha value is -2.97. The summed E-state index contributed by atoms with van der Waals surface area (Å²) in [5.74, 6) is 1.18. The van der Waals surface area contributed by atoms with Gasteiger partial charge in [0.1, 0.15) is 0 Å². The first kappa shape index (κ1) is 22.2. The van der Waals surface area contributed by atoms with Crippen LogP contribution in [0.15, 0.2) is 70.1 Å². The van der Waals surface area contributed by atoms with Crippen LogP contribution in [0.3, 0.4) is 0 Å². The van der Waals surface area contributed by atoms with E-state index in [1.807, 2.05) is 30.3 Å². The van der Waals surface area contributed by atoms with E-state index in [0.717, 1.165) is 24.8 Å². The maximum Gasteiger partial charge on any atom is 0.243 e. The summed E-state index contributed by atoms with van der Waals surface area (Å²) in [5, 5.41) is 2.82. The fraction of sp³-hybridized carbons (Fsp3) is 0.333. The van der Waals surface area contributed by atoms with Crippen LogP contribution >= 0.6 is 0 Å². The minimum atomic E-state index is -3.47. The zero-order chi connectivity index (χ0) is 22.4. The third-order valence-corrected chi connectivity index (χ3v) is 7.41. The van der Waals surface area contributed by atoms with Crippen LogP contribution < -0.4 is 5.32 Å². The number of oxazole rings is 1. The van der Waals surface area contributed by atoms with Gasteiger partial charge >= 0.3 is 0 Å². The Kier molecular flexibility index (Phi) is 7.02. The Morgan fingerprint density at radius 3 is 2.44 bits per heavy atom. The second kappa shape index (κ2) is 10.1. The number of anilines is 1. The molecule has 32 heavy (non-hydrogen) atoms. The molecular weight excluding hydrogens is 426 g/mol. The largest absolute Gasteiger partial charge is 0.441 e. The molecule has 0 unspecified atom stereocenters. The molecule has 0 atom stereocenters. The van der Waals surface area contributed by atoms with Gasteiger partial charge in [0.25, 0.3) is 0 Å². The van der Waals surface area contributed by atoms with Gasteiger partial charge in [-0.1, -0.05) is 36.8 Å². The number of amides is 1. The molecule has 0 bridgehead atoms. The lowest BCUT2D eigenvalue weighted by Gasteiger charge is -2.25. The SMILES string of the molecule is O=C(CCCc1ncc(-c2ccccc2)o1)Nc1ccc(S(=O)(=O)N2CCCCC2)cc1. The molecule has 1 saturated heterocycles. The average molecular weight is 454 g/mol. The van der Waals surface area contributed by atoms with Crippen LogP contribution in [0.5, 0.6) is 0 Å². The molecule has 8 heteroatoms. The normalized spacial score (nSPS) is 14.9. The van der Waals surface area contributed by atoms with Crippen molar-refractivity contribution in [3.63, 3.8) is 0 Å². The predicted molar refractivity (Wildman–Crippen MR) is 123 cm³/mol. The molecule has 0 radical (unpaired) electrons. The first-order valence-corrected chi connectivity index (χ1v) is 12.4. The zero-order valence-corrected chi connectivity index (χ0v) is 18.7. The Morgan fingerprint density at radius 1 is 1.00 bits per heavy atom. The van der Waals surface area contributed by atoms with Gasteiger partial charge in [-0.15, -0.1) is 0 Å². The van der Waals surface area contributed by atoms with Crippen molar-refractivity contribution in [2.45, 2.75) is 43.4 Å². The van der Waals surface area contributed by atoms with Crippen molar-refractivity contribution in [2.24, 2.45) is 0 Å². The molecular formula is C24H27N3O4S. The Morgan fingerprint density at radius 2 is 1.72 bits per heavy atom. The number of hydrogen-bond donors (Lipinski definition) is 1. The highest BCUT2D eigenvalue weighted by Crippen LogP contribution is 2.23. The number of sulfonamides is 1. The summed E-state index contributed by atoms with van der Waals surface area (Å²) in [6, 6.07) is 16.1. The summed E-state index contributed by atoms with van der Waals surface area (Å²) in [7, 11) is -3.47. The molecule has 1 aromatic heterocycles. The summed E-state index contributed by atoms with van der Waals surface area (Å²) in [6.07, 6.45) is 6.04. The van der Waals surface area contributed by atoms with E-state index in [1.54, 1.807) is 30.5 Å². The highest BCUT2D eigenvalue weighted by atomic mass is 32.2. The molecule has 1 amide bonds. The molecule has 2 heterocycles. The summed E-state index contributed by atoms with van der Waals surface area (Å²) in [4.78, 5) is 16.8. The fourth-order valence-electron chi connectivity index (χ4n) is 3.75. The van der Waals surface area contributed by atoms with Gasteiger partial charge in [0, 0.05) is 37.2 Å². The van der Waals surface area contributed by atoms with Crippen LogP contribution in [0.2, 0.25) is 0 Å². The lowest BCUT2D eigenvalue weighted by atomic mass is 10.2. The Balaban J connectivity index is 1.26. The third kappa shape index (κ3) is 5.44. The molecule has 1 fully saturated rings. The van der Waals surface area contributed by atoms with Crippen molar-refractivity contribution in [2.75, 3.05) is 18.4 Å². The van der Waals surface area contributed by atoms with Crippen molar-refractivity contribution in [1.29, 1.82) is 0 Å². The minimum absolute atomic E-state index is 0.133. The van der Waals surface area contributed by atoms with Crippen LogP contribution in [0.1, 0.15) is 38.0 Å². The number of aromatic nitrogens is 1. The summed E-state index contributed by atoms with van der Waals surface area (Å²) in [6.45, 7) is 1.14. The predicted octanol–water partition coefficient (Wildman–Crippen LogP) is 4.48. The van der Waals surface area contributed by atoms with Gasteiger partial charge in [-0.3, -0.25) is 4.79 Å². The molecule has 3 aromatic rings. The van der Waals surface area contributed by atoms with Crippen molar-refractivity contribution >= 4 is 21.6 Å². The molecule has 2 aromatic carbocycles. The molecule has 4 rings (SSSR count). The average Bonchev–Trinajstić information content (AvgIpc) is 3.29. The maximum absolute atomic E-state index is 12.7. The smallest absolute Gasteiger partial charge is 0.243 e. The minimum Gasteiger partial charge on any atom is -0.441 e. The molecule has 168 valence electrons. The van der Waals surface area contributed by atoms with Crippen LogP contribution in [-0.4, -0.2) is 36.7 Å². The van der Waals surface area contributed by atoms with E-state index in [2.05, 4.69) is 10.3 Å². The van der Waals surface area contributed by atoms with E-state index in [9.17, 15) is 13.2 Å². The quantitative estimate of drug-likeness (QED) is 0.543. The third-order valence-electron chi connectivity index (χ3n) is 5.50. The first-order valence-electron chi connectivity index (χ1n) is 10.9. The molecule has 1 N–H and O–H groups in total. The van der Waals surface area contributed by atoms with Crippen LogP contribution in [0.25, 0.3) is 11.3 Å². The van der Waals surface area contributed by atoms with Crippen LogP contribution in [-0.2, 0) is 21.2 Å². The van der Waals surface area contributed by atoms with Gasteiger partial charge in [-0.2, -0.15) is 4.31 Å². The number of carbonyl (C=O) groups excluding carboxylic acids is 1. The van der Waals surface area contributed by atoms with Gasteiger partial charge in [0.05, 0.1) is 11.1 Å². The summed E-state index contributed by atoms with van der Waals surface area (Å²) >= 11 is 0. The van der Waals surface area contributed by atoms with Crippen molar-refractivity contribution < 1.29 is 17.6 Å². The van der Waals surface area contributed by atoms with E-state index < -0.39 is 10.0 Å². The van der Waals surface area contributed by atoms with Crippen LogP contribution in [0.4, 0.5) is 5.69 Å². The van der Waals surface area contributed by atoms with Crippen LogP contribution in [0, 0.1) is 0 Å². The Bertz CT molecular complexity index is 1140. The Labute approximate surface area is 188 Å². The second-order valence-corrected chi connectivity index (χ2v) is 9.81. The number of benzene rings is 2. The molecule has 0 aliphatic carbocycles. The van der Waals surface area contributed by atoms with Gasteiger partial charge in [0.15, 0.2) is 11.7 Å². The van der Waals surface area contributed by atoms with Gasteiger partial charge in [0.2, 0.25) is 15.9 Å². The molecule has 1 aliphatic heterocycles. The molecule has 1 aliphatic rings. The van der Waals surface area contributed by atoms with Crippen molar-refractivity contribution in [3.05, 3.63) is 66.7 Å². The van der Waals surface area contributed by atoms with Crippen molar-refractivity contribution in [1.82, 2.24) is 9.29 Å². The van der Waals surface area contributed by atoms with Gasteiger partial charge in [-0.25, -0.2) is 13.4 Å². The molecule has 0 saturated carbocycles. The zero-order valence-electron chi connectivity index (χ0n) is 17.9. The van der Waals surface area contributed by atoms with E-state index in [0.29, 0.717) is 49.7 Å². The number of rotatable bonds is 8. The fourth-order valence-corrected chi connectivity index (χ4v) is 5.27. The van der Waals surface area contributed by atoms with E-state index in [-0.39, 0.29) is 10.8 Å². The number of piperidine rings is 1. The molecule has 7 nitrogen and oxygen atoms in total. The number of nitrogens with one attached hydrogen (secondary N) is 1. The lowest BCUT2D eigenvalue weighted by Crippen LogP contribution is -2.35. The summed E-state index contributed by atoms with van der Waals surface area (Å²) in [5.41, 5.74) is 1.55. The molecule has 0 spiro atoms. The van der Waals surface area contributed by atoms with Gasteiger partial charge in [-0.05, 0) is 43.5 Å². The topological polar surface area (TPSA) is 92.5 Å².